The first-order valence-electron chi connectivity index (χ1n) is 36.4. The highest BCUT2D eigenvalue weighted by molar-refractivity contribution is 8.00. The lowest BCUT2D eigenvalue weighted by Gasteiger charge is -2.45. The molecule has 0 aromatic heterocycles. The van der Waals surface area contributed by atoms with Crippen LogP contribution in [0.5, 0.6) is 11.5 Å². The summed E-state index contributed by atoms with van der Waals surface area (Å²) in [5, 5.41) is 0. The molecule has 494 valence electrons. The molecule has 3 nitrogen and oxygen atoms in total. The highest BCUT2D eigenvalue weighted by atomic mass is 32.2. The number of anilines is 6. The van der Waals surface area contributed by atoms with E-state index < -0.39 is 0 Å². The zero-order valence-corrected chi connectivity index (χ0v) is 60.0. The Hall–Kier alpha value is -11.8. The molecule has 4 aliphatic rings. The van der Waals surface area contributed by atoms with E-state index in [1.165, 1.54) is 65.0 Å². The smallest absolute Gasteiger partial charge is 0.256 e. The second kappa shape index (κ2) is 25.0. The molecule has 4 aliphatic heterocycles. The highest BCUT2D eigenvalue weighted by Crippen LogP contribution is 2.53. The van der Waals surface area contributed by atoms with Gasteiger partial charge in [0.2, 0.25) is 6.71 Å². The molecule has 4 heterocycles. The van der Waals surface area contributed by atoms with Gasteiger partial charge in [-0.2, -0.15) is 0 Å². The van der Waals surface area contributed by atoms with Crippen LogP contribution in [0.2, 0.25) is 0 Å². The summed E-state index contributed by atoms with van der Waals surface area (Å²) < 4.78 is 7.62. The van der Waals surface area contributed by atoms with Crippen molar-refractivity contribution in [2.75, 3.05) is 9.80 Å². The molecular formula is C98H74B2N2OS. The average molecular weight is 1350 g/mol. The second-order valence-electron chi connectivity index (χ2n) is 30.4. The summed E-state index contributed by atoms with van der Waals surface area (Å²) in [6, 6.07) is 128. The molecule has 0 radical (unpaired) electrons. The first-order valence-corrected chi connectivity index (χ1v) is 37.2. The van der Waals surface area contributed by atoms with Gasteiger partial charge in [0.25, 0.3) is 6.71 Å². The van der Waals surface area contributed by atoms with Gasteiger partial charge in [-0.05, 0) is 218 Å². The molecule has 0 spiro atoms. The number of benzene rings is 15. The van der Waals surface area contributed by atoms with Gasteiger partial charge in [0.1, 0.15) is 11.5 Å². The largest absolute Gasteiger partial charge is 0.458 e. The molecule has 0 amide bonds. The number of hydrogen-bond donors (Lipinski definition) is 0. The second-order valence-corrected chi connectivity index (χ2v) is 31.4. The maximum Gasteiger partial charge on any atom is 0.256 e. The Morgan fingerprint density at radius 1 is 0.260 bits per heavy atom. The van der Waals surface area contributed by atoms with Crippen molar-refractivity contribution >= 4 is 92.1 Å². The van der Waals surface area contributed by atoms with Crippen LogP contribution < -0.4 is 47.3 Å². The SMILES string of the molecule is CC(C)(C)c1ccc2c(c1)Oc1cc(-c3cc(-c4ccccc4)cc(-c4ccccc4)c3)cc3c1B2c1cc2c(cc1N3c1ccccc1)N(c1c(-c3ccccc3)cccc1-c1ccccc1)c1cc(-c3cc(-c4ccccc4)cc(-c4ccccc4)c3)cc3c1B2c1ccc(C(C)(C)C)cc1S3. The molecule has 0 fully saturated rings. The maximum absolute atomic E-state index is 7.62. The lowest BCUT2D eigenvalue weighted by Crippen LogP contribution is -2.64. The third kappa shape index (κ3) is 10.9. The summed E-state index contributed by atoms with van der Waals surface area (Å²) >= 11 is 1.94. The van der Waals surface area contributed by atoms with Crippen LogP contribution in [0.15, 0.2) is 350 Å². The topological polar surface area (TPSA) is 15.7 Å². The summed E-state index contributed by atoms with van der Waals surface area (Å²) in [6.45, 7) is 13.6. The third-order valence-corrected chi connectivity index (χ3v) is 22.9. The van der Waals surface area contributed by atoms with Crippen LogP contribution in [0.25, 0.3) is 89.0 Å². The Morgan fingerprint density at radius 3 is 1.12 bits per heavy atom. The van der Waals surface area contributed by atoms with Crippen LogP contribution in [0.3, 0.4) is 0 Å². The third-order valence-electron chi connectivity index (χ3n) is 21.8. The van der Waals surface area contributed by atoms with Gasteiger partial charge in [-0.1, -0.05) is 307 Å². The van der Waals surface area contributed by atoms with E-state index in [1.807, 2.05) is 11.8 Å². The van der Waals surface area contributed by atoms with Crippen molar-refractivity contribution in [2.24, 2.45) is 0 Å². The van der Waals surface area contributed by atoms with E-state index in [4.69, 9.17) is 4.74 Å². The molecule has 0 saturated carbocycles. The number of fused-ring (bicyclic) bond motifs is 8. The quantitative estimate of drug-likeness (QED) is 0.127. The van der Waals surface area contributed by atoms with E-state index in [1.54, 1.807) is 0 Å². The van der Waals surface area contributed by atoms with Crippen LogP contribution in [0.1, 0.15) is 52.7 Å². The number of para-hydroxylation sites is 2. The van der Waals surface area contributed by atoms with E-state index in [0.29, 0.717) is 0 Å². The number of hydrogen-bond acceptors (Lipinski definition) is 4. The van der Waals surface area contributed by atoms with Crippen molar-refractivity contribution in [1.29, 1.82) is 0 Å². The minimum absolute atomic E-state index is 0.0893. The van der Waals surface area contributed by atoms with E-state index in [9.17, 15) is 0 Å². The Bertz CT molecular complexity index is 5700. The predicted octanol–water partition coefficient (Wildman–Crippen LogP) is 22.8. The molecular weight excluding hydrogens is 1270 g/mol. The van der Waals surface area contributed by atoms with E-state index in [2.05, 4.69) is 391 Å². The van der Waals surface area contributed by atoms with Crippen molar-refractivity contribution in [3.05, 3.63) is 351 Å². The lowest BCUT2D eigenvalue weighted by molar-refractivity contribution is 0.483. The van der Waals surface area contributed by atoms with E-state index >= 15 is 0 Å². The highest BCUT2D eigenvalue weighted by Gasteiger charge is 2.48. The van der Waals surface area contributed by atoms with Gasteiger partial charge in [0.05, 0.1) is 5.69 Å². The van der Waals surface area contributed by atoms with Crippen LogP contribution in [0, 0.1) is 0 Å². The monoisotopic (exact) mass is 1350 g/mol. The van der Waals surface area contributed by atoms with Crippen molar-refractivity contribution in [2.45, 2.75) is 62.2 Å². The molecule has 6 heteroatoms. The Kier molecular flexibility index (Phi) is 15.2. The van der Waals surface area contributed by atoms with Crippen LogP contribution in [-0.4, -0.2) is 13.4 Å². The summed E-state index contributed by atoms with van der Waals surface area (Å²) in [5.74, 6) is 1.76. The van der Waals surface area contributed by atoms with Gasteiger partial charge in [-0.25, -0.2) is 0 Å². The van der Waals surface area contributed by atoms with E-state index in [0.717, 1.165) is 123 Å². The normalized spacial score (nSPS) is 13.1. The predicted molar refractivity (Wildman–Crippen MR) is 443 cm³/mol. The molecule has 0 N–H and O–H groups in total. The van der Waals surface area contributed by atoms with Gasteiger partial charge in [0.15, 0.2) is 0 Å². The number of ether oxygens (including phenoxy) is 1. The van der Waals surface area contributed by atoms with Crippen molar-refractivity contribution < 1.29 is 4.74 Å². The molecule has 19 rings (SSSR count). The maximum atomic E-state index is 7.62. The molecule has 0 aliphatic carbocycles. The minimum Gasteiger partial charge on any atom is -0.458 e. The molecule has 0 atom stereocenters. The van der Waals surface area contributed by atoms with Crippen molar-refractivity contribution in [3.63, 3.8) is 0 Å². The number of nitrogens with zero attached hydrogens (tertiary/aromatic N) is 2. The zero-order chi connectivity index (χ0) is 70.0. The minimum atomic E-state index is -0.216. The molecule has 0 saturated heterocycles. The van der Waals surface area contributed by atoms with Gasteiger partial charge in [-0.15, -0.1) is 0 Å². The van der Waals surface area contributed by atoms with E-state index in [-0.39, 0.29) is 24.3 Å². The molecule has 0 unspecified atom stereocenters. The van der Waals surface area contributed by atoms with Gasteiger partial charge in [-0.3, -0.25) is 0 Å². The molecule has 104 heavy (non-hydrogen) atoms. The molecule has 0 bridgehead atoms. The van der Waals surface area contributed by atoms with Crippen molar-refractivity contribution in [1.82, 2.24) is 0 Å². The molecule has 15 aromatic rings. The average Bonchev–Trinajstić information content (AvgIpc) is 0.687. The summed E-state index contributed by atoms with van der Waals surface area (Å²) in [5.41, 5.74) is 34.8. The summed E-state index contributed by atoms with van der Waals surface area (Å²) in [7, 11) is 0. The fourth-order valence-corrected chi connectivity index (χ4v) is 17.9. The van der Waals surface area contributed by atoms with Crippen LogP contribution in [0.4, 0.5) is 34.1 Å². The van der Waals surface area contributed by atoms with Crippen LogP contribution in [-0.2, 0) is 10.8 Å². The zero-order valence-electron chi connectivity index (χ0n) is 59.2. The Balaban J connectivity index is 0.942. The number of rotatable bonds is 10. The van der Waals surface area contributed by atoms with Gasteiger partial charge >= 0.3 is 0 Å². The Labute approximate surface area is 616 Å². The van der Waals surface area contributed by atoms with Crippen molar-refractivity contribution in [3.8, 4) is 101 Å². The first-order chi connectivity index (χ1) is 50.8. The first kappa shape index (κ1) is 63.1. The summed E-state index contributed by atoms with van der Waals surface area (Å²) in [6.07, 6.45) is 0. The standard InChI is InChI=1S/C98H74B2N2OS/c1-97(2,3)77-45-47-82-90(59-77)103-91-57-75(73-51-69(63-29-14-7-15-30-63)49-70(52-73)64-31-16-8-17-32-64)55-88-94(91)99(82)84-61-85-87(62-86(84)101(88)79-41-26-13-27-42-79)102(96-80(67-37-22-11-23-38-67)43-28-44-81(96)68-39-24-12-25-40-68)89-56-76(58-93-95(89)100(85)83-48-46-78(98(4,5)6)60-92(83)104-93)74-53-71(65-33-18-9-19-34-65)50-72(54-74)66-35-20-10-21-36-66/h7-62H,1-6H3. The fourth-order valence-electron chi connectivity index (χ4n) is 16.6. The fraction of sp³-hybridized carbons (Fsp3) is 0.0816. The summed E-state index contributed by atoms with van der Waals surface area (Å²) in [4.78, 5) is 7.82. The lowest BCUT2D eigenvalue weighted by atomic mass is 9.31. The van der Waals surface area contributed by atoms with Gasteiger partial charge in [0, 0.05) is 49.4 Å². The molecule has 15 aromatic carbocycles. The Morgan fingerprint density at radius 2 is 0.644 bits per heavy atom. The van der Waals surface area contributed by atoms with Crippen LogP contribution >= 0.6 is 11.8 Å². The van der Waals surface area contributed by atoms with Gasteiger partial charge < -0.3 is 14.5 Å².